The number of rotatable bonds is 7. The molecule has 7 heteroatoms. The van der Waals surface area contributed by atoms with Gasteiger partial charge in [0.25, 0.3) is 5.91 Å². The van der Waals surface area contributed by atoms with Crippen molar-refractivity contribution in [1.82, 2.24) is 10.1 Å². The highest BCUT2D eigenvalue weighted by Gasteiger charge is 2.25. The SMILES string of the molecule is CC[C@@H](C)N(CC(=O)Nc1ccon1)C(=O)c1ccccc1OC. The van der Waals surface area contributed by atoms with Gasteiger partial charge in [-0.05, 0) is 25.5 Å². The highest BCUT2D eigenvalue weighted by Crippen LogP contribution is 2.21. The lowest BCUT2D eigenvalue weighted by molar-refractivity contribution is -0.117. The number of hydrogen-bond acceptors (Lipinski definition) is 5. The monoisotopic (exact) mass is 331 g/mol. The molecular weight excluding hydrogens is 310 g/mol. The summed E-state index contributed by atoms with van der Waals surface area (Å²) in [5, 5.41) is 6.23. The molecule has 0 aliphatic heterocycles. The van der Waals surface area contributed by atoms with Gasteiger partial charge in [0.05, 0.1) is 12.7 Å². The molecule has 1 aromatic heterocycles. The lowest BCUT2D eigenvalue weighted by Crippen LogP contribution is -2.43. The number of anilines is 1. The van der Waals surface area contributed by atoms with Crippen molar-refractivity contribution in [1.29, 1.82) is 0 Å². The zero-order valence-corrected chi connectivity index (χ0v) is 14.0. The van der Waals surface area contributed by atoms with Crippen LogP contribution in [0.5, 0.6) is 5.75 Å². The summed E-state index contributed by atoms with van der Waals surface area (Å²) in [6.45, 7) is 3.78. The summed E-state index contributed by atoms with van der Waals surface area (Å²) in [6, 6.07) is 8.39. The molecule has 2 aromatic rings. The van der Waals surface area contributed by atoms with Crippen molar-refractivity contribution in [2.45, 2.75) is 26.3 Å². The van der Waals surface area contributed by atoms with Crippen molar-refractivity contribution >= 4 is 17.6 Å². The van der Waals surface area contributed by atoms with Gasteiger partial charge in [0.1, 0.15) is 18.6 Å². The minimum atomic E-state index is -0.340. The molecule has 0 bridgehead atoms. The van der Waals surface area contributed by atoms with Gasteiger partial charge < -0.3 is 19.5 Å². The van der Waals surface area contributed by atoms with Crippen LogP contribution in [0.25, 0.3) is 0 Å². The Hall–Kier alpha value is -2.83. The number of benzene rings is 1. The first-order valence-corrected chi connectivity index (χ1v) is 7.71. The normalized spacial score (nSPS) is 11.6. The van der Waals surface area contributed by atoms with Gasteiger partial charge in [-0.2, -0.15) is 0 Å². The molecule has 0 fully saturated rings. The molecule has 7 nitrogen and oxygen atoms in total. The van der Waals surface area contributed by atoms with Crippen LogP contribution in [0.15, 0.2) is 41.1 Å². The van der Waals surface area contributed by atoms with E-state index in [0.717, 1.165) is 6.42 Å². The number of nitrogens with zero attached hydrogens (tertiary/aromatic N) is 2. The third-order valence-electron chi connectivity index (χ3n) is 3.74. The van der Waals surface area contributed by atoms with Gasteiger partial charge >= 0.3 is 0 Å². The second kappa shape index (κ2) is 8.14. The predicted octanol–water partition coefficient (Wildman–Crippen LogP) is 2.56. The first kappa shape index (κ1) is 17.5. The number of ether oxygens (including phenoxy) is 1. The quantitative estimate of drug-likeness (QED) is 0.843. The number of nitrogens with one attached hydrogen (secondary N) is 1. The molecule has 0 aliphatic rings. The maximum absolute atomic E-state index is 12.9. The molecule has 0 aliphatic carbocycles. The summed E-state index contributed by atoms with van der Waals surface area (Å²) in [4.78, 5) is 26.6. The molecule has 24 heavy (non-hydrogen) atoms. The van der Waals surface area contributed by atoms with Crippen LogP contribution in [0.4, 0.5) is 5.82 Å². The van der Waals surface area contributed by atoms with Crippen LogP contribution in [0, 0.1) is 0 Å². The maximum Gasteiger partial charge on any atom is 0.258 e. The van der Waals surface area contributed by atoms with Crippen LogP contribution < -0.4 is 10.1 Å². The van der Waals surface area contributed by atoms with Crippen LogP contribution in [0.1, 0.15) is 30.6 Å². The second-order valence-electron chi connectivity index (χ2n) is 5.32. The summed E-state index contributed by atoms with van der Waals surface area (Å²) >= 11 is 0. The van der Waals surface area contributed by atoms with E-state index in [2.05, 4.69) is 15.0 Å². The summed E-state index contributed by atoms with van der Waals surface area (Å²) in [7, 11) is 1.51. The fourth-order valence-electron chi connectivity index (χ4n) is 2.24. The lowest BCUT2D eigenvalue weighted by Gasteiger charge is -2.28. The van der Waals surface area contributed by atoms with Gasteiger partial charge in [0.15, 0.2) is 5.82 Å². The summed E-state index contributed by atoms with van der Waals surface area (Å²) < 4.78 is 9.92. The van der Waals surface area contributed by atoms with Crippen molar-refractivity contribution in [3.05, 3.63) is 42.2 Å². The maximum atomic E-state index is 12.9. The number of amides is 2. The van der Waals surface area contributed by atoms with Crippen LogP contribution in [0.2, 0.25) is 0 Å². The molecule has 1 N–H and O–H groups in total. The molecule has 1 atom stereocenters. The Morgan fingerprint density at radius 1 is 1.33 bits per heavy atom. The van der Waals surface area contributed by atoms with E-state index in [1.807, 2.05) is 13.8 Å². The smallest absolute Gasteiger partial charge is 0.258 e. The third kappa shape index (κ3) is 4.13. The number of methoxy groups -OCH3 is 1. The molecule has 0 radical (unpaired) electrons. The van der Waals surface area contributed by atoms with Gasteiger partial charge in [-0.15, -0.1) is 0 Å². The van der Waals surface area contributed by atoms with Crippen molar-refractivity contribution in [2.75, 3.05) is 19.0 Å². The second-order valence-corrected chi connectivity index (χ2v) is 5.32. The van der Waals surface area contributed by atoms with Crippen molar-refractivity contribution in [2.24, 2.45) is 0 Å². The summed E-state index contributed by atoms with van der Waals surface area (Å²) in [5.41, 5.74) is 0.425. The lowest BCUT2D eigenvalue weighted by atomic mass is 10.1. The van der Waals surface area contributed by atoms with Gasteiger partial charge in [0.2, 0.25) is 5.91 Å². The largest absolute Gasteiger partial charge is 0.496 e. The first-order chi connectivity index (χ1) is 11.6. The van der Waals surface area contributed by atoms with Crippen molar-refractivity contribution in [3.63, 3.8) is 0 Å². The van der Waals surface area contributed by atoms with E-state index >= 15 is 0 Å². The van der Waals surface area contributed by atoms with E-state index in [1.165, 1.54) is 24.3 Å². The minimum Gasteiger partial charge on any atom is -0.496 e. The predicted molar refractivity (Wildman–Crippen MR) is 88.9 cm³/mol. The molecule has 2 rings (SSSR count). The number of aromatic nitrogens is 1. The van der Waals surface area contributed by atoms with Gasteiger partial charge in [-0.1, -0.05) is 24.2 Å². The standard InChI is InChI=1S/C17H21N3O4/c1-4-12(2)20(11-16(21)18-15-9-10-24-19-15)17(22)13-7-5-6-8-14(13)23-3/h5-10,12H,4,11H2,1-3H3,(H,18,19,21)/t12-/m1/s1. The Balaban J connectivity index is 2.18. The third-order valence-corrected chi connectivity index (χ3v) is 3.74. The number of carbonyl (C=O) groups excluding carboxylic acids is 2. The number of carbonyl (C=O) groups is 2. The minimum absolute atomic E-state index is 0.0846. The van der Waals surface area contributed by atoms with Gasteiger partial charge in [-0.3, -0.25) is 9.59 Å². The fourth-order valence-corrected chi connectivity index (χ4v) is 2.24. The zero-order valence-electron chi connectivity index (χ0n) is 14.0. The van der Waals surface area contributed by atoms with E-state index < -0.39 is 0 Å². The van der Waals surface area contributed by atoms with Gasteiger partial charge in [-0.25, -0.2) is 0 Å². The topological polar surface area (TPSA) is 84.7 Å². The van der Waals surface area contributed by atoms with Crippen molar-refractivity contribution < 1.29 is 18.8 Å². The Bertz CT molecular complexity index is 685. The van der Waals surface area contributed by atoms with Crippen LogP contribution >= 0.6 is 0 Å². The van der Waals surface area contributed by atoms with E-state index in [4.69, 9.17) is 4.74 Å². The highest BCUT2D eigenvalue weighted by molar-refractivity contribution is 6.00. The molecule has 0 saturated carbocycles. The fraction of sp³-hybridized carbons (Fsp3) is 0.353. The van der Waals surface area contributed by atoms with E-state index in [1.54, 1.807) is 24.3 Å². The molecule has 1 heterocycles. The average Bonchev–Trinajstić information content (AvgIpc) is 3.11. The molecule has 128 valence electrons. The average molecular weight is 331 g/mol. The van der Waals surface area contributed by atoms with Crippen LogP contribution in [-0.4, -0.2) is 41.6 Å². The Morgan fingerprint density at radius 3 is 2.71 bits per heavy atom. The molecule has 0 unspecified atom stereocenters. The summed E-state index contributed by atoms with van der Waals surface area (Å²) in [5.74, 6) is 0.200. The zero-order chi connectivity index (χ0) is 17.5. The Morgan fingerprint density at radius 2 is 2.08 bits per heavy atom. The Kier molecular flexibility index (Phi) is 5.95. The van der Waals surface area contributed by atoms with E-state index in [-0.39, 0.29) is 24.4 Å². The van der Waals surface area contributed by atoms with Crippen LogP contribution in [-0.2, 0) is 4.79 Å². The van der Waals surface area contributed by atoms with E-state index in [0.29, 0.717) is 17.1 Å². The molecule has 0 saturated heterocycles. The van der Waals surface area contributed by atoms with Crippen LogP contribution in [0.3, 0.4) is 0 Å². The Labute approximate surface area is 140 Å². The molecule has 2 amide bonds. The molecule has 0 spiro atoms. The number of para-hydroxylation sites is 1. The molecule has 1 aromatic carbocycles. The highest BCUT2D eigenvalue weighted by atomic mass is 16.5. The summed E-state index contributed by atoms with van der Waals surface area (Å²) in [6.07, 6.45) is 2.08. The molecular formula is C17H21N3O4. The van der Waals surface area contributed by atoms with E-state index in [9.17, 15) is 9.59 Å². The van der Waals surface area contributed by atoms with Crippen molar-refractivity contribution in [3.8, 4) is 5.75 Å². The first-order valence-electron chi connectivity index (χ1n) is 7.71. The van der Waals surface area contributed by atoms with Gasteiger partial charge in [0, 0.05) is 12.1 Å². The number of hydrogen-bond donors (Lipinski definition) is 1.